The number of rotatable bonds is 6. The molecule has 1 unspecified atom stereocenters. The second kappa shape index (κ2) is 7.91. The number of carbonyl (C=O) groups excluding carboxylic acids is 3. The van der Waals surface area contributed by atoms with Crippen LogP contribution in [0.5, 0.6) is 5.75 Å². The molecule has 0 fully saturated rings. The van der Waals surface area contributed by atoms with Gasteiger partial charge in [0.2, 0.25) is 0 Å². The van der Waals surface area contributed by atoms with Gasteiger partial charge in [-0.25, -0.2) is 0 Å². The van der Waals surface area contributed by atoms with Crippen molar-refractivity contribution in [3.63, 3.8) is 0 Å². The first kappa shape index (κ1) is 21.5. The number of nitrogens with zero attached hydrogens (tertiary/aromatic N) is 1. The van der Waals surface area contributed by atoms with Crippen LogP contribution in [0.3, 0.4) is 0 Å². The summed E-state index contributed by atoms with van der Waals surface area (Å²) in [6.07, 6.45) is 0. The van der Waals surface area contributed by atoms with Crippen LogP contribution >= 0.6 is 0 Å². The summed E-state index contributed by atoms with van der Waals surface area (Å²) in [4.78, 5) is 38.2. The molecule has 2 N–H and O–H groups in total. The predicted octanol–water partition coefficient (Wildman–Crippen LogP) is 2.64. The van der Waals surface area contributed by atoms with Crippen molar-refractivity contribution in [2.24, 2.45) is 0 Å². The smallest absolute Gasteiger partial charge is 0.261 e. The zero-order valence-corrected chi connectivity index (χ0v) is 17.6. The van der Waals surface area contributed by atoms with E-state index in [9.17, 15) is 19.5 Å². The Morgan fingerprint density at radius 3 is 2.00 bits per heavy atom. The van der Waals surface area contributed by atoms with E-state index in [0.29, 0.717) is 22.4 Å². The minimum atomic E-state index is -1.45. The van der Waals surface area contributed by atoms with Gasteiger partial charge in [0.1, 0.15) is 18.0 Å². The third-order valence-corrected chi connectivity index (χ3v) is 4.53. The zero-order chi connectivity index (χ0) is 22.1. The van der Waals surface area contributed by atoms with Gasteiger partial charge in [0.25, 0.3) is 17.7 Å². The minimum absolute atomic E-state index is 0.131. The lowest BCUT2D eigenvalue weighted by Gasteiger charge is -2.27. The molecule has 3 rings (SSSR count). The number of hydrogen-bond acceptors (Lipinski definition) is 5. The molecule has 0 aliphatic carbocycles. The molecule has 7 nitrogen and oxygen atoms in total. The fourth-order valence-corrected chi connectivity index (χ4v) is 3.12. The highest BCUT2D eigenvalue weighted by molar-refractivity contribution is 6.21. The molecule has 30 heavy (non-hydrogen) atoms. The van der Waals surface area contributed by atoms with Crippen LogP contribution < -0.4 is 10.1 Å². The first-order valence-corrected chi connectivity index (χ1v) is 9.70. The van der Waals surface area contributed by atoms with Gasteiger partial charge in [-0.1, -0.05) is 12.1 Å². The summed E-state index contributed by atoms with van der Waals surface area (Å²) >= 11 is 0. The summed E-state index contributed by atoms with van der Waals surface area (Å²) in [6, 6.07) is 13.1. The third-order valence-electron chi connectivity index (χ3n) is 4.53. The monoisotopic (exact) mass is 410 g/mol. The molecule has 1 heterocycles. The molecule has 0 spiro atoms. The van der Waals surface area contributed by atoms with Gasteiger partial charge < -0.3 is 15.2 Å². The summed E-state index contributed by atoms with van der Waals surface area (Å²) in [6.45, 7) is 6.89. The molecule has 0 saturated heterocycles. The van der Waals surface area contributed by atoms with Crippen LogP contribution in [0.4, 0.5) is 0 Å². The summed E-state index contributed by atoms with van der Waals surface area (Å²) in [5.41, 5.74) is -0.619. The summed E-state index contributed by atoms with van der Waals surface area (Å²) < 4.78 is 5.63. The lowest BCUT2D eigenvalue weighted by atomic mass is 10.1. The molecule has 0 saturated carbocycles. The molecule has 2 aromatic rings. The van der Waals surface area contributed by atoms with Crippen LogP contribution in [0.15, 0.2) is 48.5 Å². The Kier molecular flexibility index (Phi) is 5.67. The average Bonchev–Trinajstić information content (AvgIpc) is 2.90. The number of nitrogens with one attached hydrogen (secondary N) is 1. The Bertz CT molecular complexity index is 939. The Balaban J connectivity index is 1.60. The fraction of sp³-hybridized carbons (Fsp3) is 0.348. The maximum Gasteiger partial charge on any atom is 0.261 e. The third kappa shape index (κ3) is 4.86. The van der Waals surface area contributed by atoms with Crippen LogP contribution in [0.2, 0.25) is 0 Å². The Hall–Kier alpha value is -3.19. The van der Waals surface area contributed by atoms with E-state index < -0.39 is 17.4 Å². The summed E-state index contributed by atoms with van der Waals surface area (Å²) in [5.74, 6) is -0.577. The second-order valence-electron chi connectivity index (χ2n) is 8.76. The van der Waals surface area contributed by atoms with Crippen LogP contribution in [0.1, 0.15) is 58.8 Å². The fourth-order valence-electron chi connectivity index (χ4n) is 3.12. The van der Waals surface area contributed by atoms with Crippen LogP contribution in [0.25, 0.3) is 0 Å². The van der Waals surface area contributed by atoms with Gasteiger partial charge in [-0.2, -0.15) is 0 Å². The maximum atomic E-state index is 12.5. The lowest BCUT2D eigenvalue weighted by Crippen LogP contribution is -2.47. The highest BCUT2D eigenvalue weighted by atomic mass is 16.5. The van der Waals surface area contributed by atoms with Crippen LogP contribution in [0, 0.1) is 0 Å². The molecular weight excluding hydrogens is 384 g/mol. The highest BCUT2D eigenvalue weighted by Crippen LogP contribution is 2.24. The molecule has 7 heteroatoms. The zero-order valence-electron chi connectivity index (χ0n) is 17.6. The molecule has 0 radical (unpaired) electrons. The van der Waals surface area contributed by atoms with Crippen molar-refractivity contribution in [2.45, 2.75) is 38.8 Å². The molecule has 0 bridgehead atoms. The average molecular weight is 410 g/mol. The van der Waals surface area contributed by atoms with E-state index >= 15 is 0 Å². The van der Waals surface area contributed by atoms with Gasteiger partial charge in [0.15, 0.2) is 0 Å². The number of hydrogen-bond donors (Lipinski definition) is 2. The van der Waals surface area contributed by atoms with Gasteiger partial charge in [0.05, 0.1) is 17.7 Å². The van der Waals surface area contributed by atoms with E-state index in [1.54, 1.807) is 48.5 Å². The first-order valence-electron chi connectivity index (χ1n) is 9.70. The van der Waals surface area contributed by atoms with Gasteiger partial charge in [-0.05, 0) is 64.1 Å². The van der Waals surface area contributed by atoms with Crippen molar-refractivity contribution < 1.29 is 24.2 Å². The number of amides is 3. The molecule has 1 aliphatic rings. The Morgan fingerprint density at radius 2 is 1.50 bits per heavy atom. The molecule has 2 aromatic carbocycles. The van der Waals surface area contributed by atoms with E-state index in [2.05, 4.69) is 5.32 Å². The largest absolute Gasteiger partial charge is 0.491 e. The summed E-state index contributed by atoms with van der Waals surface area (Å²) in [5, 5.41) is 13.6. The number of β-amino-alcohol motifs (C(OH)–C–C–N with tert-alkyl or cyclic N) is 1. The van der Waals surface area contributed by atoms with Crippen molar-refractivity contribution in [1.29, 1.82) is 0 Å². The number of ether oxygens (including phenoxy) is 1. The maximum absolute atomic E-state index is 12.5. The van der Waals surface area contributed by atoms with Crippen molar-refractivity contribution in [3.8, 4) is 5.75 Å². The molecule has 1 atom stereocenters. The minimum Gasteiger partial charge on any atom is -0.491 e. The topological polar surface area (TPSA) is 95.9 Å². The Labute approximate surface area is 175 Å². The van der Waals surface area contributed by atoms with Crippen molar-refractivity contribution >= 4 is 17.7 Å². The SMILES string of the molecule is CC(O)(COc1ccc(C(=O)NC(C)(C)C)cc1)CN1C(=O)c2ccccc2C1=O. The molecule has 1 aliphatic heterocycles. The van der Waals surface area contributed by atoms with Gasteiger partial charge in [-0.3, -0.25) is 19.3 Å². The van der Waals surface area contributed by atoms with Crippen molar-refractivity contribution in [1.82, 2.24) is 10.2 Å². The van der Waals surface area contributed by atoms with Gasteiger partial charge in [0, 0.05) is 11.1 Å². The molecule has 3 amide bonds. The number of imide groups is 1. The van der Waals surface area contributed by atoms with Gasteiger partial charge >= 0.3 is 0 Å². The number of benzene rings is 2. The number of fused-ring (bicyclic) bond motifs is 1. The van der Waals surface area contributed by atoms with Gasteiger partial charge in [-0.15, -0.1) is 0 Å². The van der Waals surface area contributed by atoms with E-state index in [0.717, 1.165) is 4.90 Å². The first-order chi connectivity index (χ1) is 14.0. The molecule has 158 valence electrons. The quantitative estimate of drug-likeness (QED) is 0.714. The van der Waals surface area contributed by atoms with E-state index in [-0.39, 0.29) is 24.6 Å². The highest BCUT2D eigenvalue weighted by Gasteiger charge is 2.39. The standard InChI is InChI=1S/C23H26N2O5/c1-22(2,3)24-19(26)15-9-11-16(12-10-15)30-14-23(4,29)13-25-20(27)17-7-5-6-8-18(17)21(25)28/h5-12,29H,13-14H2,1-4H3,(H,24,26). The summed E-state index contributed by atoms with van der Waals surface area (Å²) in [7, 11) is 0. The van der Waals surface area contributed by atoms with E-state index in [1.807, 2.05) is 20.8 Å². The number of aliphatic hydroxyl groups is 1. The Morgan fingerprint density at radius 1 is 0.967 bits per heavy atom. The normalized spacial score (nSPS) is 15.6. The number of carbonyl (C=O) groups is 3. The van der Waals surface area contributed by atoms with Crippen molar-refractivity contribution in [3.05, 3.63) is 65.2 Å². The predicted molar refractivity (Wildman–Crippen MR) is 112 cm³/mol. The van der Waals surface area contributed by atoms with Crippen molar-refractivity contribution in [2.75, 3.05) is 13.2 Å². The molecular formula is C23H26N2O5. The van der Waals surface area contributed by atoms with Crippen LogP contribution in [-0.4, -0.2) is 52.0 Å². The van der Waals surface area contributed by atoms with E-state index in [4.69, 9.17) is 4.74 Å². The molecule has 0 aromatic heterocycles. The van der Waals surface area contributed by atoms with Crippen LogP contribution in [-0.2, 0) is 0 Å². The lowest BCUT2D eigenvalue weighted by molar-refractivity contribution is -0.0102. The second-order valence-corrected chi connectivity index (χ2v) is 8.76. The van der Waals surface area contributed by atoms with E-state index in [1.165, 1.54) is 6.92 Å².